The Kier molecular flexibility index (Phi) is 4.93. The summed E-state index contributed by atoms with van der Waals surface area (Å²) in [6.45, 7) is 0.0268. The minimum absolute atomic E-state index is 0.0268. The number of thiophene rings is 1. The summed E-state index contributed by atoms with van der Waals surface area (Å²) in [5.41, 5.74) is -0.444. The molecule has 0 aliphatic heterocycles. The largest absolute Gasteiger partial charge is 0.466 e. The van der Waals surface area contributed by atoms with E-state index in [4.69, 9.17) is 4.42 Å². The lowest BCUT2D eigenvalue weighted by molar-refractivity contribution is -0.117. The molecule has 2 N–H and O–H groups in total. The van der Waals surface area contributed by atoms with E-state index in [-0.39, 0.29) is 12.5 Å². The molecule has 2 aromatic heterocycles. The van der Waals surface area contributed by atoms with E-state index >= 15 is 0 Å². The van der Waals surface area contributed by atoms with Crippen molar-refractivity contribution < 1.29 is 14.3 Å². The van der Waals surface area contributed by atoms with Crippen molar-refractivity contribution in [2.45, 2.75) is 5.60 Å². The minimum atomic E-state index is -1.38. The zero-order chi connectivity index (χ0) is 16.8. The summed E-state index contributed by atoms with van der Waals surface area (Å²) in [7, 11) is 0. The third-order valence-electron chi connectivity index (χ3n) is 3.60. The van der Waals surface area contributed by atoms with E-state index in [0.717, 1.165) is 5.56 Å². The number of nitrogens with one attached hydrogen (secondary N) is 1. The van der Waals surface area contributed by atoms with Gasteiger partial charge in [-0.3, -0.25) is 4.79 Å². The Balaban J connectivity index is 1.71. The van der Waals surface area contributed by atoms with Crippen LogP contribution in [0.1, 0.15) is 16.2 Å². The number of hydrogen-bond acceptors (Lipinski definition) is 4. The zero-order valence-corrected chi connectivity index (χ0v) is 13.7. The fraction of sp³-hybridized carbons (Fsp3) is 0.105. The average Bonchev–Trinajstić information content (AvgIpc) is 3.32. The van der Waals surface area contributed by atoms with Crippen molar-refractivity contribution in [2.75, 3.05) is 6.54 Å². The molecule has 3 aromatic rings. The Labute approximate surface area is 144 Å². The van der Waals surface area contributed by atoms with Crippen LogP contribution in [0.15, 0.2) is 76.7 Å². The van der Waals surface area contributed by atoms with Gasteiger partial charge in [-0.05, 0) is 35.2 Å². The van der Waals surface area contributed by atoms with Gasteiger partial charge in [-0.15, -0.1) is 11.3 Å². The van der Waals surface area contributed by atoms with E-state index in [0.29, 0.717) is 10.6 Å². The van der Waals surface area contributed by atoms with E-state index in [9.17, 15) is 9.90 Å². The number of aliphatic hydroxyl groups is 1. The SMILES string of the molecule is O=C(C=Cc1ccccc1)NCC(O)(c1ccco1)c1cccs1. The van der Waals surface area contributed by atoms with Crippen molar-refractivity contribution in [3.8, 4) is 0 Å². The first kappa shape index (κ1) is 16.2. The van der Waals surface area contributed by atoms with E-state index in [1.54, 1.807) is 18.2 Å². The quantitative estimate of drug-likeness (QED) is 0.677. The maximum atomic E-state index is 12.1. The highest BCUT2D eigenvalue weighted by atomic mass is 32.1. The molecule has 1 unspecified atom stereocenters. The lowest BCUT2D eigenvalue weighted by Crippen LogP contribution is -2.40. The molecular formula is C19H17NO3S. The van der Waals surface area contributed by atoms with E-state index < -0.39 is 5.60 Å². The fourth-order valence-electron chi connectivity index (χ4n) is 2.33. The van der Waals surface area contributed by atoms with Gasteiger partial charge in [-0.1, -0.05) is 36.4 Å². The molecule has 24 heavy (non-hydrogen) atoms. The maximum absolute atomic E-state index is 12.1. The summed E-state index contributed by atoms with van der Waals surface area (Å²) in [6.07, 6.45) is 4.68. The van der Waals surface area contributed by atoms with Crippen molar-refractivity contribution >= 4 is 23.3 Å². The molecule has 1 atom stereocenters. The molecular weight excluding hydrogens is 322 g/mol. The van der Waals surface area contributed by atoms with Crippen LogP contribution >= 0.6 is 11.3 Å². The fourth-order valence-corrected chi connectivity index (χ4v) is 3.16. The van der Waals surface area contributed by atoms with Gasteiger partial charge >= 0.3 is 0 Å². The molecule has 1 aromatic carbocycles. The van der Waals surface area contributed by atoms with Crippen molar-refractivity contribution in [1.82, 2.24) is 5.32 Å². The average molecular weight is 339 g/mol. The highest BCUT2D eigenvalue weighted by Gasteiger charge is 2.35. The molecule has 0 fully saturated rings. The first-order valence-corrected chi connectivity index (χ1v) is 8.38. The highest BCUT2D eigenvalue weighted by Crippen LogP contribution is 2.32. The van der Waals surface area contributed by atoms with Gasteiger partial charge in [-0.2, -0.15) is 0 Å². The number of benzene rings is 1. The Bertz CT molecular complexity index is 758. The molecule has 4 nitrogen and oxygen atoms in total. The van der Waals surface area contributed by atoms with Crippen molar-refractivity contribution in [1.29, 1.82) is 0 Å². The molecule has 0 saturated heterocycles. The second-order valence-corrected chi connectivity index (χ2v) is 6.22. The molecule has 1 amide bonds. The Morgan fingerprint density at radius 3 is 2.67 bits per heavy atom. The molecule has 3 rings (SSSR count). The van der Waals surface area contributed by atoms with Crippen molar-refractivity contribution in [3.63, 3.8) is 0 Å². The molecule has 0 saturated carbocycles. The van der Waals surface area contributed by atoms with E-state index in [2.05, 4.69) is 5.32 Å². The topological polar surface area (TPSA) is 62.5 Å². The van der Waals surface area contributed by atoms with Crippen molar-refractivity contribution in [3.05, 3.63) is 88.5 Å². The van der Waals surface area contributed by atoms with Gasteiger partial charge in [-0.25, -0.2) is 0 Å². The number of hydrogen-bond donors (Lipinski definition) is 2. The predicted molar refractivity (Wildman–Crippen MR) is 94.5 cm³/mol. The second kappa shape index (κ2) is 7.29. The monoisotopic (exact) mass is 339 g/mol. The van der Waals surface area contributed by atoms with Gasteiger partial charge in [0.1, 0.15) is 5.76 Å². The van der Waals surface area contributed by atoms with Crippen molar-refractivity contribution in [2.24, 2.45) is 0 Å². The van der Waals surface area contributed by atoms with Crippen LogP contribution in [-0.4, -0.2) is 17.6 Å². The Hall–Kier alpha value is -2.63. The Morgan fingerprint density at radius 2 is 2.00 bits per heavy atom. The van der Waals surface area contributed by atoms with E-state index in [1.165, 1.54) is 23.7 Å². The van der Waals surface area contributed by atoms with Crippen LogP contribution in [0.2, 0.25) is 0 Å². The highest BCUT2D eigenvalue weighted by molar-refractivity contribution is 7.10. The maximum Gasteiger partial charge on any atom is 0.244 e. The number of furan rings is 1. The van der Waals surface area contributed by atoms with Crippen LogP contribution in [0, 0.1) is 0 Å². The van der Waals surface area contributed by atoms with Gasteiger partial charge < -0.3 is 14.8 Å². The van der Waals surface area contributed by atoms with Crippen LogP contribution in [0.3, 0.4) is 0 Å². The third kappa shape index (κ3) is 3.64. The van der Waals surface area contributed by atoms with Crippen LogP contribution in [0.5, 0.6) is 0 Å². The molecule has 0 aliphatic carbocycles. The number of amides is 1. The smallest absolute Gasteiger partial charge is 0.244 e. The molecule has 5 heteroatoms. The lowest BCUT2D eigenvalue weighted by Gasteiger charge is -2.24. The molecule has 122 valence electrons. The van der Waals surface area contributed by atoms with E-state index in [1.807, 2.05) is 47.8 Å². The number of carbonyl (C=O) groups is 1. The summed E-state index contributed by atoms with van der Waals surface area (Å²) >= 11 is 1.41. The summed E-state index contributed by atoms with van der Waals surface area (Å²) in [5.74, 6) is 0.123. The molecule has 0 aliphatic rings. The summed E-state index contributed by atoms with van der Waals surface area (Å²) < 4.78 is 5.37. The predicted octanol–water partition coefficient (Wildman–Crippen LogP) is 3.41. The van der Waals surface area contributed by atoms with Gasteiger partial charge in [0.05, 0.1) is 12.8 Å². The summed E-state index contributed by atoms with van der Waals surface area (Å²) in [5, 5.41) is 15.7. The molecule has 0 radical (unpaired) electrons. The Morgan fingerprint density at radius 1 is 1.17 bits per heavy atom. The second-order valence-electron chi connectivity index (χ2n) is 5.28. The standard InChI is InChI=1S/C19H17NO3S/c21-18(11-10-15-6-2-1-3-7-15)20-14-19(22,16-8-4-12-23-16)17-9-5-13-24-17/h1-13,22H,14H2,(H,20,21). The van der Waals surface area contributed by atoms with Crippen LogP contribution in [-0.2, 0) is 10.4 Å². The third-order valence-corrected chi connectivity index (χ3v) is 4.62. The van der Waals surface area contributed by atoms with Crippen LogP contribution in [0.4, 0.5) is 0 Å². The normalized spacial score (nSPS) is 13.7. The molecule has 2 heterocycles. The molecule has 0 bridgehead atoms. The van der Waals surface area contributed by atoms with Crippen LogP contribution in [0.25, 0.3) is 6.08 Å². The molecule has 0 spiro atoms. The number of rotatable bonds is 6. The summed E-state index contributed by atoms with van der Waals surface area (Å²) in [4.78, 5) is 12.8. The van der Waals surface area contributed by atoms with Gasteiger partial charge in [0.2, 0.25) is 5.91 Å². The first-order valence-electron chi connectivity index (χ1n) is 7.50. The number of carbonyl (C=O) groups excluding carboxylic acids is 1. The van der Waals surface area contributed by atoms with Gasteiger partial charge in [0.15, 0.2) is 5.60 Å². The first-order chi connectivity index (χ1) is 11.7. The lowest BCUT2D eigenvalue weighted by atomic mass is 9.98. The van der Waals surface area contributed by atoms with Gasteiger partial charge in [0.25, 0.3) is 0 Å². The summed E-state index contributed by atoms with van der Waals surface area (Å²) in [6, 6.07) is 16.6. The zero-order valence-electron chi connectivity index (χ0n) is 12.9. The van der Waals surface area contributed by atoms with Crippen LogP contribution < -0.4 is 5.32 Å². The minimum Gasteiger partial charge on any atom is -0.466 e. The van der Waals surface area contributed by atoms with Gasteiger partial charge in [0, 0.05) is 11.0 Å².